The summed E-state index contributed by atoms with van der Waals surface area (Å²) in [5.74, 6) is 1.57. The second-order valence-corrected chi connectivity index (χ2v) is 6.26. The molecule has 0 saturated carbocycles. The van der Waals surface area contributed by atoms with Gasteiger partial charge in [0.1, 0.15) is 11.3 Å². The summed E-state index contributed by atoms with van der Waals surface area (Å²) in [5, 5.41) is 12.9. The van der Waals surface area contributed by atoms with Crippen LogP contribution in [0.3, 0.4) is 0 Å². The minimum atomic E-state index is 0.166. The van der Waals surface area contributed by atoms with Crippen LogP contribution in [0.25, 0.3) is 11.0 Å². The molecule has 2 N–H and O–H groups in total. The fourth-order valence-corrected chi connectivity index (χ4v) is 3.11. The lowest BCUT2D eigenvalue weighted by Gasteiger charge is -2.19. The Kier molecular flexibility index (Phi) is 5.60. The van der Waals surface area contributed by atoms with E-state index in [1.54, 1.807) is 6.20 Å². The van der Waals surface area contributed by atoms with Crippen molar-refractivity contribution in [3.63, 3.8) is 0 Å². The van der Waals surface area contributed by atoms with Crippen molar-refractivity contribution in [2.24, 2.45) is 0 Å². The number of nitrogens with zero attached hydrogens (tertiary/aromatic N) is 4. The van der Waals surface area contributed by atoms with Crippen LogP contribution >= 0.6 is 0 Å². The lowest BCUT2D eigenvalue weighted by molar-refractivity contribution is 0.276. The fraction of sp³-hybridized carbons (Fsp3) is 0.421. The molecule has 0 bridgehead atoms. The van der Waals surface area contributed by atoms with E-state index in [1.807, 2.05) is 37.4 Å². The molecule has 0 saturated heterocycles. The molecule has 0 aliphatic rings. The number of pyridine rings is 1. The predicted octanol–water partition coefficient (Wildman–Crippen LogP) is 3.15. The Morgan fingerprint density at radius 3 is 2.80 bits per heavy atom. The molecule has 0 fully saturated rings. The Bertz CT molecular complexity index is 809. The number of nitrogens with one attached hydrogen (secondary N) is 1. The zero-order valence-electron chi connectivity index (χ0n) is 14.8. The van der Waals surface area contributed by atoms with Gasteiger partial charge in [0, 0.05) is 25.0 Å². The molecule has 3 aromatic heterocycles. The van der Waals surface area contributed by atoms with Crippen molar-refractivity contribution in [1.82, 2.24) is 19.5 Å². The third kappa shape index (κ3) is 4.14. The molecule has 25 heavy (non-hydrogen) atoms. The van der Waals surface area contributed by atoms with Crippen LogP contribution < -0.4 is 5.32 Å². The quantitative estimate of drug-likeness (QED) is 0.659. The van der Waals surface area contributed by atoms with Gasteiger partial charge in [-0.25, -0.2) is 9.97 Å². The number of fused-ring (bicyclic) bond motifs is 1. The lowest BCUT2D eigenvalue weighted by atomic mass is 10.1. The average Bonchev–Trinajstić information content (AvgIpc) is 2.99. The van der Waals surface area contributed by atoms with Gasteiger partial charge < -0.3 is 15.0 Å². The number of aliphatic hydroxyl groups is 1. The van der Waals surface area contributed by atoms with Gasteiger partial charge in [0.25, 0.3) is 0 Å². The van der Waals surface area contributed by atoms with Crippen molar-refractivity contribution < 1.29 is 5.11 Å². The SMILES string of the molecule is CCC[C@@H](CCO)Nc1nc(C)nc2ccn(Cc3ccccn3)c12. The highest BCUT2D eigenvalue weighted by Gasteiger charge is 2.15. The summed E-state index contributed by atoms with van der Waals surface area (Å²) in [5.41, 5.74) is 2.90. The summed E-state index contributed by atoms with van der Waals surface area (Å²) >= 11 is 0. The zero-order chi connectivity index (χ0) is 17.6. The van der Waals surface area contributed by atoms with E-state index in [1.165, 1.54) is 0 Å². The monoisotopic (exact) mass is 339 g/mol. The van der Waals surface area contributed by atoms with Gasteiger partial charge >= 0.3 is 0 Å². The molecule has 1 atom stereocenters. The summed E-state index contributed by atoms with van der Waals surface area (Å²) in [6.07, 6.45) is 6.59. The topological polar surface area (TPSA) is 75.9 Å². The van der Waals surface area contributed by atoms with Gasteiger partial charge in [0.2, 0.25) is 0 Å². The Morgan fingerprint density at radius 1 is 1.20 bits per heavy atom. The molecule has 0 aromatic carbocycles. The molecule has 0 aliphatic carbocycles. The van der Waals surface area contributed by atoms with Gasteiger partial charge in [0.15, 0.2) is 5.82 Å². The van der Waals surface area contributed by atoms with E-state index >= 15 is 0 Å². The molecule has 0 radical (unpaired) electrons. The van der Waals surface area contributed by atoms with E-state index < -0.39 is 0 Å². The largest absolute Gasteiger partial charge is 0.396 e. The third-order valence-electron chi connectivity index (χ3n) is 4.24. The van der Waals surface area contributed by atoms with Crippen LogP contribution in [0.5, 0.6) is 0 Å². The lowest BCUT2D eigenvalue weighted by Crippen LogP contribution is -2.22. The number of hydrogen-bond acceptors (Lipinski definition) is 5. The molecule has 6 heteroatoms. The molecule has 6 nitrogen and oxygen atoms in total. The van der Waals surface area contributed by atoms with Gasteiger partial charge in [-0.1, -0.05) is 19.4 Å². The van der Waals surface area contributed by atoms with Gasteiger partial charge in [-0.2, -0.15) is 0 Å². The molecule has 3 rings (SSSR count). The second kappa shape index (κ2) is 8.07. The van der Waals surface area contributed by atoms with E-state index in [4.69, 9.17) is 0 Å². The minimum absolute atomic E-state index is 0.166. The van der Waals surface area contributed by atoms with Gasteiger partial charge in [0.05, 0.1) is 17.8 Å². The van der Waals surface area contributed by atoms with Gasteiger partial charge in [-0.3, -0.25) is 4.98 Å². The third-order valence-corrected chi connectivity index (χ3v) is 4.24. The Balaban J connectivity index is 1.97. The standard InChI is InChI=1S/C19H25N5O/c1-3-6-15(9-12-25)23-19-18-17(21-14(2)22-19)8-11-24(18)13-16-7-4-5-10-20-16/h4-5,7-8,10-11,15,25H,3,6,9,12-13H2,1-2H3,(H,21,22,23)/t15-/m0/s1. The minimum Gasteiger partial charge on any atom is -0.396 e. The first-order valence-electron chi connectivity index (χ1n) is 8.82. The number of hydrogen-bond donors (Lipinski definition) is 2. The Morgan fingerprint density at radius 2 is 2.08 bits per heavy atom. The average molecular weight is 339 g/mol. The predicted molar refractivity (Wildman–Crippen MR) is 99.6 cm³/mol. The highest BCUT2D eigenvalue weighted by atomic mass is 16.3. The van der Waals surface area contributed by atoms with Crippen molar-refractivity contribution in [2.45, 2.75) is 45.7 Å². The number of aromatic nitrogens is 4. The van der Waals surface area contributed by atoms with Crippen LogP contribution in [0.1, 0.15) is 37.7 Å². The molecule has 3 aromatic rings. The second-order valence-electron chi connectivity index (χ2n) is 6.26. The molecule has 3 heterocycles. The highest BCUT2D eigenvalue weighted by molar-refractivity contribution is 5.86. The smallest absolute Gasteiger partial charge is 0.154 e. The molecule has 0 spiro atoms. The van der Waals surface area contributed by atoms with Crippen molar-refractivity contribution in [1.29, 1.82) is 0 Å². The molecule has 0 unspecified atom stereocenters. The van der Waals surface area contributed by atoms with Crippen molar-refractivity contribution in [3.8, 4) is 0 Å². The van der Waals surface area contributed by atoms with Crippen LogP contribution in [-0.4, -0.2) is 37.3 Å². The van der Waals surface area contributed by atoms with Gasteiger partial charge in [-0.05, 0) is 38.0 Å². The number of anilines is 1. The summed E-state index contributed by atoms with van der Waals surface area (Å²) in [7, 11) is 0. The van der Waals surface area contributed by atoms with Crippen molar-refractivity contribution in [3.05, 3.63) is 48.2 Å². The highest BCUT2D eigenvalue weighted by Crippen LogP contribution is 2.24. The molecular formula is C19H25N5O. The normalized spacial score (nSPS) is 12.4. The van der Waals surface area contributed by atoms with Crippen LogP contribution in [-0.2, 0) is 6.54 Å². The van der Waals surface area contributed by atoms with E-state index in [2.05, 4.69) is 31.8 Å². The van der Waals surface area contributed by atoms with Crippen molar-refractivity contribution >= 4 is 16.9 Å². The molecule has 132 valence electrons. The maximum Gasteiger partial charge on any atom is 0.154 e. The number of rotatable bonds is 8. The summed E-state index contributed by atoms with van der Waals surface area (Å²) in [6.45, 7) is 4.89. The fourth-order valence-electron chi connectivity index (χ4n) is 3.11. The van der Waals surface area contributed by atoms with E-state index in [0.717, 1.165) is 41.2 Å². The van der Waals surface area contributed by atoms with Crippen LogP contribution in [0.15, 0.2) is 36.7 Å². The Hall–Kier alpha value is -2.47. The first-order chi connectivity index (χ1) is 12.2. The van der Waals surface area contributed by atoms with Crippen molar-refractivity contribution in [2.75, 3.05) is 11.9 Å². The van der Waals surface area contributed by atoms with Crippen LogP contribution in [0.2, 0.25) is 0 Å². The summed E-state index contributed by atoms with van der Waals surface area (Å²) < 4.78 is 2.13. The first-order valence-corrected chi connectivity index (χ1v) is 8.82. The first kappa shape index (κ1) is 17.4. The number of aryl methyl sites for hydroxylation is 1. The number of aliphatic hydroxyl groups excluding tert-OH is 1. The van der Waals surface area contributed by atoms with Gasteiger partial charge in [-0.15, -0.1) is 0 Å². The molecule has 0 amide bonds. The molecule has 0 aliphatic heterocycles. The van der Waals surface area contributed by atoms with E-state index in [9.17, 15) is 5.11 Å². The van der Waals surface area contributed by atoms with Crippen LogP contribution in [0, 0.1) is 6.92 Å². The maximum absolute atomic E-state index is 9.33. The van der Waals surface area contributed by atoms with E-state index in [0.29, 0.717) is 13.0 Å². The summed E-state index contributed by atoms with van der Waals surface area (Å²) in [6, 6.07) is 8.14. The summed E-state index contributed by atoms with van der Waals surface area (Å²) in [4.78, 5) is 13.6. The van der Waals surface area contributed by atoms with Crippen LogP contribution in [0.4, 0.5) is 5.82 Å². The Labute approximate surface area is 148 Å². The zero-order valence-corrected chi connectivity index (χ0v) is 14.8. The maximum atomic E-state index is 9.33. The molecular weight excluding hydrogens is 314 g/mol. The van der Waals surface area contributed by atoms with E-state index in [-0.39, 0.29) is 12.6 Å².